The van der Waals surface area contributed by atoms with E-state index in [-0.39, 0.29) is 17.9 Å². The first-order chi connectivity index (χ1) is 13.5. The molecule has 8 nitrogen and oxygen atoms in total. The van der Waals surface area contributed by atoms with Crippen LogP contribution in [0.2, 0.25) is 0 Å². The number of likely N-dealkylation sites (tertiary alicyclic amines) is 1. The Morgan fingerprint density at radius 3 is 2.75 bits per heavy atom. The van der Waals surface area contributed by atoms with E-state index in [1.54, 1.807) is 38.7 Å². The summed E-state index contributed by atoms with van der Waals surface area (Å²) in [4.78, 5) is 30.3. The van der Waals surface area contributed by atoms with Gasteiger partial charge in [0.2, 0.25) is 5.91 Å². The Hall–Kier alpha value is -3.18. The van der Waals surface area contributed by atoms with Gasteiger partial charge < -0.3 is 9.80 Å². The molecule has 2 saturated heterocycles. The highest BCUT2D eigenvalue weighted by Gasteiger charge is 2.38. The molecule has 0 unspecified atom stereocenters. The third-order valence-corrected chi connectivity index (χ3v) is 5.48. The molecule has 2 aliphatic heterocycles. The lowest BCUT2D eigenvalue weighted by atomic mass is 10.1. The molecule has 8 heteroatoms. The van der Waals surface area contributed by atoms with Crippen LogP contribution in [-0.4, -0.2) is 82.1 Å². The van der Waals surface area contributed by atoms with Crippen LogP contribution < -0.4 is 0 Å². The molecule has 1 aromatic carbocycles. The van der Waals surface area contributed by atoms with Crippen molar-refractivity contribution in [3.8, 4) is 11.8 Å². The number of rotatable bonds is 3. The van der Waals surface area contributed by atoms with Crippen molar-refractivity contribution < 1.29 is 9.59 Å². The van der Waals surface area contributed by atoms with Crippen LogP contribution >= 0.6 is 0 Å². The molecular formula is C20H22N6O2. The van der Waals surface area contributed by atoms with Crippen molar-refractivity contribution >= 4 is 11.8 Å². The second kappa shape index (κ2) is 7.09. The van der Waals surface area contributed by atoms with Crippen LogP contribution in [0.3, 0.4) is 0 Å². The summed E-state index contributed by atoms with van der Waals surface area (Å²) in [6, 6.07) is 11.3. The van der Waals surface area contributed by atoms with Crippen LogP contribution in [0.15, 0.2) is 30.3 Å². The third kappa shape index (κ3) is 3.25. The molecule has 2 fully saturated rings. The molecule has 28 heavy (non-hydrogen) atoms. The molecule has 0 saturated carbocycles. The quantitative estimate of drug-likeness (QED) is 0.783. The monoisotopic (exact) mass is 378 g/mol. The van der Waals surface area contributed by atoms with Crippen molar-refractivity contribution in [3.05, 3.63) is 47.3 Å². The fraction of sp³-hybridized carbons (Fsp3) is 0.400. The highest BCUT2D eigenvalue weighted by molar-refractivity contribution is 5.93. The molecule has 0 bridgehead atoms. The predicted molar refractivity (Wildman–Crippen MR) is 102 cm³/mol. The SMILES string of the molecule is Cc1cc(C(=O)N2CC(N3CCN(C)C(=O)C3)C2)nn1-c1cccc(C#N)c1. The minimum Gasteiger partial charge on any atom is -0.343 e. The molecule has 0 aliphatic carbocycles. The van der Waals surface area contributed by atoms with E-state index < -0.39 is 0 Å². The van der Waals surface area contributed by atoms with Gasteiger partial charge in [0, 0.05) is 45.0 Å². The van der Waals surface area contributed by atoms with Crippen LogP contribution in [0.1, 0.15) is 21.7 Å². The maximum Gasteiger partial charge on any atom is 0.274 e. The molecule has 0 atom stereocenters. The van der Waals surface area contributed by atoms with Gasteiger partial charge in [-0.1, -0.05) is 6.07 Å². The summed E-state index contributed by atoms with van der Waals surface area (Å²) in [5.74, 6) is 0.0278. The summed E-state index contributed by atoms with van der Waals surface area (Å²) in [6.07, 6.45) is 0. The zero-order valence-corrected chi connectivity index (χ0v) is 16.0. The van der Waals surface area contributed by atoms with E-state index in [2.05, 4.69) is 16.1 Å². The number of nitrogens with zero attached hydrogens (tertiary/aromatic N) is 6. The minimum atomic E-state index is -0.102. The summed E-state index contributed by atoms with van der Waals surface area (Å²) in [5, 5.41) is 13.5. The average Bonchev–Trinajstić information content (AvgIpc) is 3.05. The second-order valence-electron chi connectivity index (χ2n) is 7.39. The normalized spacial score (nSPS) is 18.1. The fourth-order valence-corrected chi connectivity index (χ4v) is 3.65. The first kappa shape index (κ1) is 18.2. The smallest absolute Gasteiger partial charge is 0.274 e. The van der Waals surface area contributed by atoms with Crippen LogP contribution in [0.4, 0.5) is 0 Å². The zero-order chi connectivity index (χ0) is 19.8. The van der Waals surface area contributed by atoms with E-state index in [4.69, 9.17) is 5.26 Å². The standard InChI is InChI=1S/C20H22N6O2/c1-14-8-18(22-26(14)16-5-3-4-15(9-16)10-21)20(28)25-11-17(12-25)24-7-6-23(2)19(27)13-24/h3-5,8-9,17H,6-7,11-13H2,1-2H3. The third-order valence-electron chi connectivity index (χ3n) is 5.48. The van der Waals surface area contributed by atoms with Gasteiger partial charge in [0.15, 0.2) is 5.69 Å². The van der Waals surface area contributed by atoms with Crippen molar-refractivity contribution in [1.29, 1.82) is 5.26 Å². The first-order valence-electron chi connectivity index (χ1n) is 9.31. The maximum absolute atomic E-state index is 12.8. The number of likely N-dealkylation sites (N-methyl/N-ethyl adjacent to an activating group) is 1. The Kier molecular flexibility index (Phi) is 4.61. The van der Waals surface area contributed by atoms with Crippen LogP contribution in [0.5, 0.6) is 0 Å². The van der Waals surface area contributed by atoms with E-state index >= 15 is 0 Å². The number of carbonyl (C=O) groups is 2. The number of carbonyl (C=O) groups excluding carboxylic acids is 2. The summed E-state index contributed by atoms with van der Waals surface area (Å²) in [6.45, 7) is 5.12. The number of nitriles is 1. The average molecular weight is 378 g/mol. The van der Waals surface area contributed by atoms with Gasteiger partial charge in [-0.25, -0.2) is 4.68 Å². The Labute approximate surface area is 163 Å². The van der Waals surface area contributed by atoms with E-state index in [1.165, 1.54) is 0 Å². The van der Waals surface area contributed by atoms with Crippen LogP contribution in [0, 0.1) is 18.3 Å². The summed E-state index contributed by atoms with van der Waals surface area (Å²) >= 11 is 0. The molecule has 4 rings (SSSR count). The van der Waals surface area contributed by atoms with E-state index in [1.807, 2.05) is 20.0 Å². The van der Waals surface area contributed by atoms with Gasteiger partial charge in [-0.3, -0.25) is 14.5 Å². The lowest BCUT2D eigenvalue weighted by molar-refractivity contribution is -0.136. The molecule has 1 aromatic heterocycles. The molecule has 2 aromatic rings. The van der Waals surface area contributed by atoms with Crippen LogP contribution in [0.25, 0.3) is 5.69 Å². The second-order valence-corrected chi connectivity index (χ2v) is 7.39. The van der Waals surface area contributed by atoms with Crippen molar-refractivity contribution in [1.82, 2.24) is 24.5 Å². The van der Waals surface area contributed by atoms with Crippen molar-refractivity contribution in [2.45, 2.75) is 13.0 Å². The lowest BCUT2D eigenvalue weighted by Crippen LogP contribution is -2.64. The molecule has 2 aliphatic rings. The van der Waals surface area contributed by atoms with Gasteiger partial charge in [0.25, 0.3) is 5.91 Å². The van der Waals surface area contributed by atoms with Gasteiger partial charge in [-0.2, -0.15) is 10.4 Å². The van der Waals surface area contributed by atoms with E-state index in [0.29, 0.717) is 30.9 Å². The number of hydrogen-bond donors (Lipinski definition) is 0. The molecule has 144 valence electrons. The first-order valence-corrected chi connectivity index (χ1v) is 9.31. The zero-order valence-electron chi connectivity index (χ0n) is 16.0. The van der Waals surface area contributed by atoms with Gasteiger partial charge in [0.1, 0.15) is 0 Å². The Morgan fingerprint density at radius 2 is 2.04 bits per heavy atom. The summed E-state index contributed by atoms with van der Waals surface area (Å²) in [7, 11) is 1.82. The maximum atomic E-state index is 12.8. The lowest BCUT2D eigenvalue weighted by Gasteiger charge is -2.47. The predicted octanol–water partition coefficient (Wildman–Crippen LogP) is 0.651. The summed E-state index contributed by atoms with van der Waals surface area (Å²) in [5.41, 5.74) is 2.54. The number of aryl methyl sites for hydroxylation is 1. The highest BCUT2D eigenvalue weighted by Crippen LogP contribution is 2.21. The van der Waals surface area contributed by atoms with Gasteiger partial charge in [-0.05, 0) is 31.2 Å². The summed E-state index contributed by atoms with van der Waals surface area (Å²) < 4.78 is 1.68. The van der Waals surface area contributed by atoms with E-state index in [0.717, 1.165) is 24.5 Å². The Bertz CT molecular complexity index is 969. The molecule has 2 amide bonds. The van der Waals surface area contributed by atoms with Crippen LogP contribution in [-0.2, 0) is 4.79 Å². The number of piperazine rings is 1. The van der Waals surface area contributed by atoms with Gasteiger partial charge in [-0.15, -0.1) is 0 Å². The number of aromatic nitrogens is 2. The largest absolute Gasteiger partial charge is 0.343 e. The molecule has 0 spiro atoms. The Balaban J connectivity index is 1.43. The number of benzene rings is 1. The fourth-order valence-electron chi connectivity index (χ4n) is 3.65. The molecule has 0 radical (unpaired) electrons. The van der Waals surface area contributed by atoms with Gasteiger partial charge in [0.05, 0.1) is 23.9 Å². The number of amides is 2. The highest BCUT2D eigenvalue weighted by atomic mass is 16.2. The van der Waals surface area contributed by atoms with Crippen molar-refractivity contribution in [2.75, 3.05) is 39.8 Å². The van der Waals surface area contributed by atoms with E-state index in [9.17, 15) is 9.59 Å². The molecule has 3 heterocycles. The number of hydrogen-bond acceptors (Lipinski definition) is 5. The van der Waals surface area contributed by atoms with Crippen molar-refractivity contribution in [3.63, 3.8) is 0 Å². The Morgan fingerprint density at radius 1 is 1.25 bits per heavy atom. The molecule has 0 N–H and O–H groups in total. The van der Waals surface area contributed by atoms with Gasteiger partial charge >= 0.3 is 0 Å². The molecular weight excluding hydrogens is 356 g/mol. The van der Waals surface area contributed by atoms with Crippen molar-refractivity contribution in [2.24, 2.45) is 0 Å². The minimum absolute atomic E-state index is 0.102. The topological polar surface area (TPSA) is 85.5 Å².